The average Bonchev–Trinajstić information content (AvgIpc) is 2.30. The summed E-state index contributed by atoms with van der Waals surface area (Å²) in [6, 6.07) is 6.93. The molecule has 0 aromatic heterocycles. The van der Waals surface area contributed by atoms with Gasteiger partial charge in [0.25, 0.3) is 0 Å². The van der Waals surface area contributed by atoms with E-state index in [1.54, 1.807) is 38.1 Å². The molecule has 0 atom stereocenters. The summed E-state index contributed by atoms with van der Waals surface area (Å²) in [5, 5.41) is 0. The number of hydrogen-bond acceptors (Lipinski definition) is 2. The molecule has 0 fully saturated rings. The third-order valence-electron chi connectivity index (χ3n) is 1.81. The molecule has 0 aliphatic carbocycles. The third kappa shape index (κ3) is 8.80. The van der Waals surface area contributed by atoms with Crippen LogP contribution in [0.15, 0.2) is 24.3 Å². The minimum absolute atomic E-state index is 0. The Morgan fingerprint density at radius 1 is 1.24 bits per heavy atom. The fourth-order valence-corrected chi connectivity index (χ4v) is 0.922. The summed E-state index contributed by atoms with van der Waals surface area (Å²) in [5.41, 5.74) is 8.64. The van der Waals surface area contributed by atoms with Gasteiger partial charge >= 0.3 is 57.4 Å². The van der Waals surface area contributed by atoms with Crippen LogP contribution in [0.4, 0.5) is 5.69 Å². The molecule has 0 spiro atoms. The number of benzene rings is 1. The summed E-state index contributed by atoms with van der Waals surface area (Å²) in [4.78, 5) is 11.1. The average molecular weight is 261 g/mol. The van der Waals surface area contributed by atoms with E-state index in [4.69, 9.17) is 10.5 Å². The van der Waals surface area contributed by atoms with Crippen LogP contribution in [0.25, 0.3) is 5.73 Å². The van der Waals surface area contributed by atoms with Gasteiger partial charge in [-0.2, -0.15) is 0 Å². The molecule has 0 saturated heterocycles. The number of carbonyl (C=O) groups is 1. The van der Waals surface area contributed by atoms with Crippen LogP contribution in [0.3, 0.4) is 0 Å². The van der Waals surface area contributed by atoms with Crippen LogP contribution in [0.5, 0.6) is 0 Å². The van der Waals surface area contributed by atoms with Crippen LogP contribution in [-0.2, 0) is 16.1 Å². The van der Waals surface area contributed by atoms with Gasteiger partial charge in [-0.1, -0.05) is 52.0 Å². The van der Waals surface area contributed by atoms with E-state index < -0.39 is 0 Å². The van der Waals surface area contributed by atoms with E-state index >= 15 is 0 Å². The standard InChI is InChI=1S/C11H14NO2.C2H6.K/c1-8(2)11(13)14-7-9-3-5-10(12)6-4-9;1-2;/h3-6,8,12H,7H2,1-2H3;1-2H3;/q-1;;+1. The Balaban J connectivity index is 0. The van der Waals surface area contributed by atoms with Crippen molar-refractivity contribution in [2.75, 3.05) is 0 Å². The van der Waals surface area contributed by atoms with E-state index in [0.717, 1.165) is 5.56 Å². The van der Waals surface area contributed by atoms with Gasteiger partial charge in [-0.15, -0.1) is 5.69 Å². The van der Waals surface area contributed by atoms with Gasteiger partial charge < -0.3 is 10.5 Å². The molecule has 90 valence electrons. The maximum atomic E-state index is 11.1. The van der Waals surface area contributed by atoms with Crippen LogP contribution in [-0.4, -0.2) is 5.97 Å². The first kappa shape index (κ1) is 19.5. The number of rotatable bonds is 3. The minimum Gasteiger partial charge on any atom is -0.699 e. The molecule has 17 heavy (non-hydrogen) atoms. The predicted octanol–water partition coefficient (Wildman–Crippen LogP) is 1.10. The fourth-order valence-electron chi connectivity index (χ4n) is 0.922. The van der Waals surface area contributed by atoms with Gasteiger partial charge in [0.05, 0.1) is 5.92 Å². The minimum atomic E-state index is -0.194. The second kappa shape index (κ2) is 11.2. The van der Waals surface area contributed by atoms with Gasteiger partial charge in [-0.25, -0.2) is 0 Å². The van der Waals surface area contributed by atoms with Crippen LogP contribution < -0.4 is 51.4 Å². The molecule has 3 nitrogen and oxygen atoms in total. The summed E-state index contributed by atoms with van der Waals surface area (Å²) in [6.07, 6.45) is 0. The first-order chi connectivity index (χ1) is 7.59. The first-order valence-corrected chi connectivity index (χ1v) is 5.57. The summed E-state index contributed by atoms with van der Waals surface area (Å²) in [6.45, 7) is 7.89. The van der Waals surface area contributed by atoms with Crippen molar-refractivity contribution in [2.24, 2.45) is 5.92 Å². The van der Waals surface area contributed by atoms with Crippen molar-refractivity contribution in [2.45, 2.75) is 34.3 Å². The van der Waals surface area contributed by atoms with Crippen LogP contribution in [0.2, 0.25) is 0 Å². The number of carbonyl (C=O) groups excluding carboxylic acids is 1. The molecule has 0 saturated carbocycles. The summed E-state index contributed by atoms with van der Waals surface area (Å²) in [7, 11) is 0. The maximum absolute atomic E-state index is 11.1. The molecule has 1 rings (SSSR count). The van der Waals surface area contributed by atoms with Crippen LogP contribution in [0.1, 0.15) is 33.3 Å². The van der Waals surface area contributed by atoms with Crippen molar-refractivity contribution in [3.63, 3.8) is 0 Å². The second-order valence-corrected chi connectivity index (χ2v) is 3.46. The zero-order chi connectivity index (χ0) is 12.6. The van der Waals surface area contributed by atoms with Gasteiger partial charge in [-0.3, -0.25) is 4.79 Å². The third-order valence-corrected chi connectivity index (χ3v) is 1.81. The molecule has 1 N–H and O–H groups in total. The Morgan fingerprint density at radius 3 is 2.12 bits per heavy atom. The molecular formula is C13H20KNO2. The zero-order valence-electron chi connectivity index (χ0n) is 11.4. The molecule has 1 aromatic rings. The van der Waals surface area contributed by atoms with Crippen molar-refractivity contribution in [3.8, 4) is 0 Å². The van der Waals surface area contributed by atoms with Gasteiger partial charge in [0.2, 0.25) is 0 Å². The fraction of sp³-hybridized carbons (Fsp3) is 0.462. The van der Waals surface area contributed by atoms with Gasteiger partial charge in [0, 0.05) is 0 Å². The molecule has 0 unspecified atom stereocenters. The summed E-state index contributed by atoms with van der Waals surface area (Å²) < 4.78 is 5.03. The Hall–Kier alpha value is 0.126. The molecule has 1 aromatic carbocycles. The van der Waals surface area contributed by atoms with E-state index in [0.29, 0.717) is 5.69 Å². The van der Waals surface area contributed by atoms with Gasteiger partial charge in [0.15, 0.2) is 0 Å². The Labute approximate surface area is 147 Å². The monoisotopic (exact) mass is 261 g/mol. The van der Waals surface area contributed by atoms with Crippen molar-refractivity contribution in [1.82, 2.24) is 0 Å². The molecular weight excluding hydrogens is 241 g/mol. The Kier molecular flexibility index (Phi) is 12.9. The Bertz CT molecular complexity index is 310. The van der Waals surface area contributed by atoms with Crippen LogP contribution >= 0.6 is 0 Å². The molecule has 0 amide bonds. The molecule has 0 bridgehead atoms. The molecule has 4 heteroatoms. The van der Waals surface area contributed by atoms with Crippen molar-refractivity contribution < 1.29 is 60.9 Å². The SMILES string of the molecule is CC.CC(C)C(=O)OCc1ccc([NH-])cc1.[K+]. The van der Waals surface area contributed by atoms with Crippen LogP contribution in [0, 0.1) is 5.92 Å². The number of ether oxygens (including phenoxy) is 1. The quantitative estimate of drug-likeness (QED) is 0.604. The van der Waals surface area contributed by atoms with E-state index in [1.807, 2.05) is 13.8 Å². The largest absolute Gasteiger partial charge is 1.00 e. The smallest absolute Gasteiger partial charge is 0.699 e. The van der Waals surface area contributed by atoms with Crippen molar-refractivity contribution in [3.05, 3.63) is 35.6 Å². The molecule has 0 aliphatic rings. The maximum Gasteiger partial charge on any atom is 1.00 e. The zero-order valence-corrected chi connectivity index (χ0v) is 14.5. The number of nitrogens with one attached hydrogen (secondary N) is 1. The van der Waals surface area contributed by atoms with Crippen molar-refractivity contribution >= 4 is 11.7 Å². The summed E-state index contributed by atoms with van der Waals surface area (Å²) in [5.74, 6) is -0.287. The first-order valence-electron chi connectivity index (χ1n) is 5.57. The second-order valence-electron chi connectivity index (χ2n) is 3.46. The predicted molar refractivity (Wildman–Crippen MR) is 66.4 cm³/mol. The number of hydrogen-bond donors (Lipinski definition) is 0. The summed E-state index contributed by atoms with van der Waals surface area (Å²) >= 11 is 0. The van der Waals surface area contributed by atoms with E-state index in [2.05, 4.69) is 0 Å². The Morgan fingerprint density at radius 2 is 1.71 bits per heavy atom. The normalized spacial score (nSPS) is 8.76. The van der Waals surface area contributed by atoms with E-state index in [-0.39, 0.29) is 69.9 Å². The van der Waals surface area contributed by atoms with E-state index in [9.17, 15) is 4.79 Å². The molecule has 0 aliphatic heterocycles. The van der Waals surface area contributed by atoms with E-state index in [1.165, 1.54) is 0 Å². The van der Waals surface area contributed by atoms with Crippen molar-refractivity contribution in [1.29, 1.82) is 0 Å². The number of esters is 1. The topological polar surface area (TPSA) is 50.1 Å². The van der Waals surface area contributed by atoms with Gasteiger partial charge in [0.1, 0.15) is 6.61 Å². The molecule has 0 heterocycles. The molecule has 0 radical (unpaired) electrons. The van der Waals surface area contributed by atoms with Gasteiger partial charge in [-0.05, 0) is 5.56 Å².